The van der Waals surface area contributed by atoms with Gasteiger partial charge in [-0.25, -0.2) is 0 Å². The van der Waals surface area contributed by atoms with Crippen molar-refractivity contribution in [3.63, 3.8) is 0 Å². The average molecular weight is 396 g/mol. The summed E-state index contributed by atoms with van der Waals surface area (Å²) in [5.74, 6) is 0.886. The van der Waals surface area contributed by atoms with E-state index in [4.69, 9.17) is 0 Å². The van der Waals surface area contributed by atoms with Gasteiger partial charge in [-0.3, -0.25) is 14.3 Å². The molecule has 1 N–H and O–H groups in total. The van der Waals surface area contributed by atoms with Crippen LogP contribution in [0.15, 0.2) is 47.8 Å². The lowest BCUT2D eigenvalue weighted by atomic mass is 10.1. The molecule has 2 aromatic heterocycles. The second-order valence-corrected chi connectivity index (χ2v) is 8.65. The Kier molecular flexibility index (Phi) is 5.84. The highest BCUT2D eigenvalue weighted by atomic mass is 32.2. The molecular weight excluding hydrogens is 370 g/mol. The van der Waals surface area contributed by atoms with E-state index in [2.05, 4.69) is 46.5 Å². The van der Waals surface area contributed by atoms with Crippen molar-refractivity contribution in [1.29, 1.82) is 0 Å². The van der Waals surface area contributed by atoms with Gasteiger partial charge < -0.3 is 5.32 Å². The van der Waals surface area contributed by atoms with Crippen molar-refractivity contribution in [2.24, 2.45) is 0 Å². The molecule has 3 rings (SSSR count). The molecule has 6 nitrogen and oxygen atoms in total. The summed E-state index contributed by atoms with van der Waals surface area (Å²) in [6, 6.07) is 11.9. The van der Waals surface area contributed by atoms with Gasteiger partial charge in [0.25, 0.3) is 0 Å². The maximum atomic E-state index is 12.3. The zero-order valence-electron chi connectivity index (χ0n) is 16.9. The maximum Gasteiger partial charge on any atom is 0.230 e. The van der Waals surface area contributed by atoms with Crippen molar-refractivity contribution in [1.82, 2.24) is 25.1 Å². The number of aryl methyl sites for hydroxylation is 2. The molecular formula is C21H25N5OS. The third-order valence-electron chi connectivity index (χ3n) is 4.12. The third-order valence-corrected chi connectivity index (χ3v) is 5.05. The maximum absolute atomic E-state index is 12.3. The number of nitrogens with zero attached hydrogens (tertiary/aromatic N) is 4. The Morgan fingerprint density at radius 3 is 2.54 bits per heavy atom. The Morgan fingerprint density at radius 1 is 1.11 bits per heavy atom. The molecule has 0 aliphatic rings. The first kappa shape index (κ1) is 20.1. The molecule has 0 fully saturated rings. The molecule has 3 aromatic rings. The van der Waals surface area contributed by atoms with Crippen LogP contribution in [-0.2, 0) is 4.79 Å². The molecule has 0 saturated carbocycles. The fourth-order valence-electron chi connectivity index (χ4n) is 2.71. The van der Waals surface area contributed by atoms with Gasteiger partial charge >= 0.3 is 0 Å². The number of amides is 1. The van der Waals surface area contributed by atoms with Crippen LogP contribution in [0.25, 0.3) is 17.2 Å². The predicted molar refractivity (Wildman–Crippen MR) is 113 cm³/mol. The second kappa shape index (κ2) is 8.14. The molecule has 0 aliphatic carbocycles. The smallest absolute Gasteiger partial charge is 0.230 e. The lowest BCUT2D eigenvalue weighted by Gasteiger charge is -2.20. The number of hydrogen-bond donors (Lipinski definition) is 1. The van der Waals surface area contributed by atoms with Crippen molar-refractivity contribution in [2.45, 2.75) is 45.3 Å². The van der Waals surface area contributed by atoms with Gasteiger partial charge in [0.2, 0.25) is 5.91 Å². The molecule has 0 saturated heterocycles. The summed E-state index contributed by atoms with van der Waals surface area (Å²) in [7, 11) is 0. The fourth-order valence-corrected chi connectivity index (χ4v) is 3.46. The van der Waals surface area contributed by atoms with Gasteiger partial charge in [-0.2, -0.15) is 0 Å². The van der Waals surface area contributed by atoms with E-state index in [-0.39, 0.29) is 17.2 Å². The number of nitrogens with one attached hydrogen (secondary N) is 1. The predicted octanol–water partition coefficient (Wildman–Crippen LogP) is 3.95. The SMILES string of the molecule is Cc1ccc(-n2c(SCC(=O)NC(C)(C)C)nnc2-c2ccccn2)cc1C. The van der Waals surface area contributed by atoms with Gasteiger partial charge in [-0.05, 0) is 70.0 Å². The highest BCUT2D eigenvalue weighted by molar-refractivity contribution is 7.99. The summed E-state index contributed by atoms with van der Waals surface area (Å²) in [6.45, 7) is 10.1. The average Bonchev–Trinajstić information content (AvgIpc) is 3.05. The first-order chi connectivity index (χ1) is 13.2. The highest BCUT2D eigenvalue weighted by Gasteiger charge is 2.20. The van der Waals surface area contributed by atoms with E-state index in [0.29, 0.717) is 11.0 Å². The van der Waals surface area contributed by atoms with Crippen LogP contribution in [0.3, 0.4) is 0 Å². The number of thioether (sulfide) groups is 1. The molecule has 0 aliphatic heterocycles. The minimum atomic E-state index is -0.265. The Balaban J connectivity index is 1.97. The van der Waals surface area contributed by atoms with Gasteiger partial charge in [-0.1, -0.05) is 23.9 Å². The van der Waals surface area contributed by atoms with Crippen LogP contribution in [-0.4, -0.2) is 36.9 Å². The molecule has 0 bridgehead atoms. The lowest BCUT2D eigenvalue weighted by molar-refractivity contribution is -0.119. The van der Waals surface area contributed by atoms with Gasteiger partial charge in [0, 0.05) is 11.7 Å². The molecule has 2 heterocycles. The van der Waals surface area contributed by atoms with Gasteiger partial charge in [0.15, 0.2) is 11.0 Å². The minimum Gasteiger partial charge on any atom is -0.351 e. The standard InChI is InChI=1S/C21H25N5OS/c1-14-9-10-16(12-15(14)2)26-19(17-8-6-7-11-22-17)24-25-20(26)28-13-18(27)23-21(3,4)5/h6-12H,13H2,1-5H3,(H,23,27). The van der Waals surface area contributed by atoms with Gasteiger partial charge in [0.05, 0.1) is 11.4 Å². The number of carbonyl (C=O) groups excluding carboxylic acids is 1. The van der Waals surface area contributed by atoms with Crippen LogP contribution in [0, 0.1) is 13.8 Å². The highest BCUT2D eigenvalue weighted by Crippen LogP contribution is 2.28. The van der Waals surface area contributed by atoms with Crippen LogP contribution in [0.4, 0.5) is 0 Å². The first-order valence-corrected chi connectivity index (χ1v) is 10.1. The summed E-state index contributed by atoms with van der Waals surface area (Å²) in [5, 5.41) is 12.3. The Bertz CT molecular complexity index is 976. The van der Waals surface area contributed by atoms with E-state index in [1.807, 2.05) is 49.6 Å². The van der Waals surface area contributed by atoms with Crippen LogP contribution < -0.4 is 5.32 Å². The fraction of sp³-hybridized carbons (Fsp3) is 0.333. The van der Waals surface area contributed by atoms with Crippen LogP contribution >= 0.6 is 11.8 Å². The summed E-state index contributed by atoms with van der Waals surface area (Å²) < 4.78 is 1.96. The normalized spacial score (nSPS) is 11.5. The molecule has 146 valence electrons. The zero-order chi connectivity index (χ0) is 20.3. The number of aromatic nitrogens is 4. The van der Waals surface area contributed by atoms with Gasteiger partial charge in [-0.15, -0.1) is 10.2 Å². The number of carbonyl (C=O) groups is 1. The topological polar surface area (TPSA) is 72.7 Å². The Labute approximate surface area is 169 Å². The monoisotopic (exact) mass is 395 g/mol. The lowest BCUT2D eigenvalue weighted by Crippen LogP contribution is -2.41. The molecule has 7 heteroatoms. The largest absolute Gasteiger partial charge is 0.351 e. The van der Waals surface area contributed by atoms with E-state index in [9.17, 15) is 4.79 Å². The first-order valence-electron chi connectivity index (χ1n) is 9.13. The molecule has 0 atom stereocenters. The van der Waals surface area contributed by atoms with Crippen molar-refractivity contribution in [2.75, 3.05) is 5.75 Å². The summed E-state index contributed by atoms with van der Waals surface area (Å²) in [4.78, 5) is 16.7. The Hall–Kier alpha value is -2.67. The molecule has 1 amide bonds. The van der Waals surface area contributed by atoms with Crippen molar-refractivity contribution >= 4 is 17.7 Å². The van der Waals surface area contributed by atoms with Crippen LogP contribution in [0.2, 0.25) is 0 Å². The second-order valence-electron chi connectivity index (χ2n) is 7.71. The molecule has 0 radical (unpaired) electrons. The molecule has 0 spiro atoms. The summed E-state index contributed by atoms with van der Waals surface area (Å²) in [6.07, 6.45) is 1.73. The summed E-state index contributed by atoms with van der Waals surface area (Å²) >= 11 is 1.37. The van der Waals surface area contributed by atoms with Crippen molar-refractivity contribution in [3.05, 3.63) is 53.7 Å². The number of benzene rings is 1. The summed E-state index contributed by atoms with van der Waals surface area (Å²) in [5.41, 5.74) is 3.82. The third kappa shape index (κ3) is 4.78. The van der Waals surface area contributed by atoms with E-state index >= 15 is 0 Å². The number of pyridine rings is 1. The number of hydrogen-bond acceptors (Lipinski definition) is 5. The Morgan fingerprint density at radius 2 is 1.89 bits per heavy atom. The van der Waals surface area contributed by atoms with Crippen LogP contribution in [0.1, 0.15) is 31.9 Å². The zero-order valence-corrected chi connectivity index (χ0v) is 17.7. The van der Waals surface area contributed by atoms with Gasteiger partial charge in [0.1, 0.15) is 5.69 Å². The molecule has 28 heavy (non-hydrogen) atoms. The minimum absolute atomic E-state index is 0.0356. The van der Waals surface area contributed by atoms with E-state index in [1.165, 1.54) is 22.9 Å². The molecule has 0 unspecified atom stereocenters. The van der Waals surface area contributed by atoms with Crippen molar-refractivity contribution in [3.8, 4) is 17.2 Å². The molecule has 1 aromatic carbocycles. The van der Waals surface area contributed by atoms with Crippen molar-refractivity contribution < 1.29 is 4.79 Å². The number of rotatable bonds is 5. The van der Waals surface area contributed by atoms with E-state index < -0.39 is 0 Å². The van der Waals surface area contributed by atoms with Crippen LogP contribution in [0.5, 0.6) is 0 Å². The van der Waals surface area contributed by atoms with E-state index in [0.717, 1.165) is 11.4 Å². The quantitative estimate of drug-likeness (QED) is 0.662. The van der Waals surface area contributed by atoms with E-state index in [1.54, 1.807) is 6.20 Å².